The smallest absolute Gasteiger partial charge is 0.411 e. The molecule has 0 bridgehead atoms. The van der Waals surface area contributed by atoms with Crippen LogP contribution in [0.4, 0.5) is 26.7 Å². The van der Waals surface area contributed by atoms with Crippen molar-refractivity contribution in [1.82, 2.24) is 4.90 Å². The monoisotopic (exact) mass is 747 g/mol. The molecule has 15 heteroatoms. The van der Waals surface area contributed by atoms with Gasteiger partial charge in [-0.05, 0) is 55.2 Å². The van der Waals surface area contributed by atoms with Gasteiger partial charge in [0, 0.05) is 17.0 Å². The number of amides is 4. The molecule has 7 N–H and O–H groups in total. The molecule has 282 valence electrons. The number of nitrogens with two attached hydrogens (primary N) is 1. The van der Waals surface area contributed by atoms with Crippen molar-refractivity contribution < 1.29 is 48.5 Å². The predicted molar refractivity (Wildman–Crippen MR) is 198 cm³/mol. The number of hydrogen-bond donors (Lipinski definition) is 6. The van der Waals surface area contributed by atoms with Crippen molar-refractivity contribution in [2.24, 2.45) is 29.4 Å². The Balaban J connectivity index is 1.30. The minimum atomic E-state index is -3.21. The van der Waals surface area contributed by atoms with Crippen LogP contribution in [0, 0.1) is 23.7 Å². The number of ketones is 4. The highest BCUT2D eigenvalue weighted by Gasteiger charge is 2.74. The molecular weight excluding hydrogens is 710 g/mol. The summed E-state index contributed by atoms with van der Waals surface area (Å²) >= 11 is 0. The van der Waals surface area contributed by atoms with Gasteiger partial charge in [-0.15, -0.1) is 0 Å². The maximum absolute atomic E-state index is 14.7. The van der Waals surface area contributed by atoms with E-state index in [1.54, 1.807) is 49.4 Å². The molecule has 2 saturated carbocycles. The van der Waals surface area contributed by atoms with Crippen molar-refractivity contribution in [1.29, 1.82) is 0 Å². The summed E-state index contributed by atoms with van der Waals surface area (Å²) in [7, 11) is 2.84. The molecular formula is C40H37N5O10. The number of benzene rings is 4. The van der Waals surface area contributed by atoms with Crippen LogP contribution in [0.15, 0.2) is 84.9 Å². The lowest BCUT2D eigenvalue weighted by Gasteiger charge is -2.56. The average molecular weight is 748 g/mol. The predicted octanol–water partition coefficient (Wildman–Crippen LogP) is 3.45. The summed E-state index contributed by atoms with van der Waals surface area (Å²) in [6.45, 7) is 1.61. The standard InChI is InChI=1S/C40H37N5O10/c1-18-21-16-17-24(44-38(52)43-23-15-9-11-19-10-7-8-14-22(19)23)31(46)26(21)32(47)27-25(18)34(55-39(53)42-20-12-5-4-6-13-20)29-30(45(2)3)33(48)28(37(41)51)36(50)40(29,54)35(27)49/h4-18,25,27-30,34,46,54H,1-3H3,(H2,41,51)(H,42,53)(H2,43,44,52)/t18-,25+,27?,28?,29+,30-,34-,40-/m0/s1. The Bertz CT molecular complexity index is 2310. The number of para-hydroxylation sites is 1. The van der Waals surface area contributed by atoms with Crippen LogP contribution in [0.5, 0.6) is 5.75 Å². The quantitative estimate of drug-likeness (QED) is 0.123. The number of phenols is 1. The molecule has 0 spiro atoms. The number of anilines is 3. The number of likely N-dealkylation sites (N-methyl/N-ethyl adjacent to an activating group) is 1. The maximum Gasteiger partial charge on any atom is 0.411 e. The molecule has 15 nitrogen and oxygen atoms in total. The molecule has 4 aromatic carbocycles. The van der Waals surface area contributed by atoms with Crippen LogP contribution < -0.4 is 21.7 Å². The van der Waals surface area contributed by atoms with Crippen LogP contribution in [0.1, 0.15) is 28.8 Å². The number of fused-ring (bicyclic) bond motifs is 4. The van der Waals surface area contributed by atoms with E-state index in [2.05, 4.69) is 16.0 Å². The molecule has 55 heavy (non-hydrogen) atoms. The molecule has 4 amide bonds. The fourth-order valence-electron chi connectivity index (χ4n) is 8.61. The van der Waals surface area contributed by atoms with Gasteiger partial charge >= 0.3 is 12.1 Å². The Morgan fingerprint density at radius 3 is 2.16 bits per heavy atom. The van der Waals surface area contributed by atoms with E-state index in [1.165, 1.54) is 31.1 Å². The number of carbonyl (C=O) groups excluding carboxylic acids is 7. The number of nitrogens with one attached hydrogen (secondary N) is 3. The highest BCUT2D eigenvalue weighted by Crippen LogP contribution is 2.56. The molecule has 3 aliphatic rings. The molecule has 3 aliphatic carbocycles. The van der Waals surface area contributed by atoms with Gasteiger partial charge in [0.15, 0.2) is 34.7 Å². The van der Waals surface area contributed by atoms with Crippen LogP contribution in [-0.4, -0.2) is 88.1 Å². The van der Waals surface area contributed by atoms with Gasteiger partial charge in [-0.25, -0.2) is 9.59 Å². The number of carbonyl (C=O) groups is 7. The lowest BCUT2D eigenvalue weighted by Crippen LogP contribution is -2.78. The van der Waals surface area contributed by atoms with Gasteiger partial charge in [0.25, 0.3) is 0 Å². The minimum Gasteiger partial charge on any atom is -0.505 e. The zero-order chi connectivity index (χ0) is 39.5. The maximum atomic E-state index is 14.7. The zero-order valence-corrected chi connectivity index (χ0v) is 29.8. The van der Waals surface area contributed by atoms with E-state index < -0.39 is 94.3 Å². The van der Waals surface area contributed by atoms with Gasteiger partial charge in [0.05, 0.1) is 34.8 Å². The minimum absolute atomic E-state index is 0.189. The summed E-state index contributed by atoms with van der Waals surface area (Å²) < 4.78 is 5.96. The van der Waals surface area contributed by atoms with E-state index in [4.69, 9.17) is 10.5 Å². The first kappa shape index (κ1) is 36.9. The molecule has 2 fully saturated rings. The van der Waals surface area contributed by atoms with Crippen LogP contribution in [-0.2, 0) is 23.9 Å². The molecule has 0 radical (unpaired) electrons. The van der Waals surface area contributed by atoms with Crippen LogP contribution >= 0.6 is 0 Å². The normalized spacial score (nSPS) is 27.1. The van der Waals surface area contributed by atoms with E-state index in [-0.39, 0.29) is 16.8 Å². The van der Waals surface area contributed by atoms with E-state index in [0.717, 1.165) is 10.8 Å². The van der Waals surface area contributed by atoms with Gasteiger partial charge in [-0.3, -0.25) is 34.2 Å². The fourth-order valence-corrected chi connectivity index (χ4v) is 8.61. The number of aromatic hydroxyl groups is 1. The zero-order valence-electron chi connectivity index (χ0n) is 29.8. The Labute approximate surface area is 313 Å². The van der Waals surface area contributed by atoms with Crippen LogP contribution in [0.2, 0.25) is 0 Å². The first-order valence-corrected chi connectivity index (χ1v) is 17.5. The third-order valence-electron chi connectivity index (χ3n) is 11.0. The molecule has 0 saturated heterocycles. The van der Waals surface area contributed by atoms with E-state index in [0.29, 0.717) is 11.4 Å². The van der Waals surface area contributed by atoms with Crippen molar-refractivity contribution >= 4 is 69.0 Å². The molecule has 0 aromatic heterocycles. The van der Waals surface area contributed by atoms with Crippen molar-refractivity contribution in [2.45, 2.75) is 30.6 Å². The summed E-state index contributed by atoms with van der Waals surface area (Å²) in [4.78, 5) is 97.7. The van der Waals surface area contributed by atoms with Crippen molar-refractivity contribution in [3.05, 3.63) is 96.1 Å². The summed E-state index contributed by atoms with van der Waals surface area (Å²) in [6.07, 6.45) is -2.74. The number of primary amides is 1. The van der Waals surface area contributed by atoms with Gasteiger partial charge in [-0.2, -0.15) is 0 Å². The number of phenolic OH excluding ortho intramolecular Hbond substituents is 1. The number of Topliss-reactive ketones (excluding diaryl/α,β-unsaturated/α-hetero) is 4. The fraction of sp³-hybridized carbons (Fsp3) is 0.275. The third-order valence-corrected chi connectivity index (χ3v) is 11.0. The lowest BCUT2D eigenvalue weighted by molar-refractivity contribution is -0.196. The second-order valence-electron chi connectivity index (χ2n) is 14.3. The van der Waals surface area contributed by atoms with E-state index in [1.807, 2.05) is 30.3 Å². The number of ether oxygens (including phenoxy) is 1. The highest BCUT2D eigenvalue weighted by molar-refractivity contribution is 6.32. The highest BCUT2D eigenvalue weighted by atomic mass is 16.6. The Morgan fingerprint density at radius 1 is 0.818 bits per heavy atom. The summed E-state index contributed by atoms with van der Waals surface area (Å²) in [6, 6.07) is 21.3. The average Bonchev–Trinajstić information content (AvgIpc) is 3.14. The van der Waals surface area contributed by atoms with Crippen molar-refractivity contribution in [3.63, 3.8) is 0 Å². The molecule has 8 atom stereocenters. The molecule has 2 unspecified atom stereocenters. The molecule has 0 heterocycles. The Morgan fingerprint density at radius 2 is 1.47 bits per heavy atom. The number of nitrogens with zero attached hydrogens (tertiary/aromatic N) is 1. The van der Waals surface area contributed by atoms with Crippen molar-refractivity contribution in [3.8, 4) is 5.75 Å². The van der Waals surface area contributed by atoms with Gasteiger partial charge in [-0.1, -0.05) is 67.6 Å². The molecule has 0 aliphatic heterocycles. The van der Waals surface area contributed by atoms with Crippen LogP contribution in [0.25, 0.3) is 10.8 Å². The Kier molecular flexibility index (Phi) is 9.23. The topological polar surface area (TPSA) is 235 Å². The first-order valence-electron chi connectivity index (χ1n) is 17.5. The van der Waals surface area contributed by atoms with Crippen LogP contribution in [0.3, 0.4) is 0 Å². The molecule has 7 rings (SSSR count). The largest absolute Gasteiger partial charge is 0.505 e. The number of rotatable bonds is 6. The number of hydrogen-bond acceptors (Lipinski definition) is 11. The van der Waals surface area contributed by atoms with Crippen molar-refractivity contribution in [2.75, 3.05) is 30.0 Å². The summed E-state index contributed by atoms with van der Waals surface area (Å²) in [5.41, 5.74) is 2.71. The van der Waals surface area contributed by atoms with E-state index in [9.17, 15) is 43.8 Å². The summed E-state index contributed by atoms with van der Waals surface area (Å²) in [5, 5.41) is 33.3. The summed E-state index contributed by atoms with van der Waals surface area (Å²) in [5.74, 6) is -15.1. The second-order valence-corrected chi connectivity index (χ2v) is 14.3. The third kappa shape index (κ3) is 5.88. The second kappa shape index (κ2) is 13.8. The first-order chi connectivity index (χ1) is 26.2. The van der Waals surface area contributed by atoms with E-state index >= 15 is 0 Å². The number of aliphatic hydroxyl groups is 1. The van der Waals surface area contributed by atoms with Gasteiger partial charge < -0.3 is 31.3 Å². The number of urea groups is 1. The molecule has 4 aromatic rings. The SMILES string of the molecule is C[C@H]1c2ccc(NC(=O)Nc3cccc4ccccc34)c(O)c2C(=O)C2C(=O)[C@]3(O)C(=O)C(C(N)=O)C(=O)[C@@H](N(C)C)[C@@H]3[C@@H](OC(=O)Nc3ccccc3)[C@@H]21. The van der Waals surface area contributed by atoms with Gasteiger partial charge in [0.1, 0.15) is 11.9 Å². The lowest BCUT2D eigenvalue weighted by atomic mass is 9.49. The van der Waals surface area contributed by atoms with Gasteiger partial charge in [0.2, 0.25) is 5.91 Å². The Hall–Kier alpha value is -6.45.